The largest absolute Gasteiger partial charge is 0.313 e. The Balaban J connectivity index is 1.47. The average Bonchev–Trinajstić information content (AvgIpc) is 2.98. The minimum Gasteiger partial charge on any atom is -0.313 e. The van der Waals surface area contributed by atoms with Crippen LogP contribution in [0.3, 0.4) is 0 Å². The van der Waals surface area contributed by atoms with Gasteiger partial charge in [0.1, 0.15) is 0 Å². The number of piperidine rings is 1. The van der Waals surface area contributed by atoms with Crippen LogP contribution in [0.1, 0.15) is 52.4 Å². The first-order valence-corrected chi connectivity index (χ1v) is 7.67. The summed E-state index contributed by atoms with van der Waals surface area (Å²) >= 11 is 0. The van der Waals surface area contributed by atoms with Crippen molar-refractivity contribution in [1.29, 1.82) is 0 Å². The summed E-state index contributed by atoms with van der Waals surface area (Å²) in [5.41, 5.74) is 0.673. The quantitative estimate of drug-likeness (QED) is 0.807. The van der Waals surface area contributed by atoms with Gasteiger partial charge in [-0.15, -0.1) is 0 Å². The molecule has 1 saturated carbocycles. The molecule has 2 heterocycles. The summed E-state index contributed by atoms with van der Waals surface area (Å²) in [4.78, 5) is 2.72. The van der Waals surface area contributed by atoms with Gasteiger partial charge < -0.3 is 10.2 Å². The molecule has 0 spiro atoms. The molecule has 0 amide bonds. The van der Waals surface area contributed by atoms with Gasteiger partial charge in [0.05, 0.1) is 0 Å². The third-order valence-corrected chi connectivity index (χ3v) is 5.68. The highest BCUT2D eigenvalue weighted by Gasteiger charge is 2.45. The number of hydrogen-bond acceptors (Lipinski definition) is 2. The maximum Gasteiger partial charge on any atom is 0.0111 e. The normalized spacial score (nSPS) is 36.2. The number of hydrogen-bond donors (Lipinski definition) is 1. The van der Waals surface area contributed by atoms with Crippen molar-refractivity contribution < 1.29 is 0 Å². The van der Waals surface area contributed by atoms with Crippen molar-refractivity contribution in [2.75, 3.05) is 19.6 Å². The van der Waals surface area contributed by atoms with Crippen LogP contribution in [0.4, 0.5) is 0 Å². The van der Waals surface area contributed by atoms with Gasteiger partial charge >= 0.3 is 0 Å². The molecule has 1 N–H and O–H groups in total. The van der Waals surface area contributed by atoms with E-state index in [-0.39, 0.29) is 0 Å². The van der Waals surface area contributed by atoms with E-state index in [1.807, 2.05) is 0 Å². The molecule has 2 aliphatic heterocycles. The molecule has 0 radical (unpaired) electrons. The maximum atomic E-state index is 3.89. The standard InChI is InChI=1S/C15H28N2/c1-12(2)15(6-7-15)11-16-13-5-9-17-8-3-4-14(17)10-13/h12-14,16H,3-11H2,1-2H3. The number of nitrogens with zero attached hydrogens (tertiary/aromatic N) is 1. The molecular weight excluding hydrogens is 208 g/mol. The van der Waals surface area contributed by atoms with E-state index >= 15 is 0 Å². The second kappa shape index (κ2) is 4.55. The molecule has 0 aromatic heterocycles. The van der Waals surface area contributed by atoms with Crippen molar-refractivity contribution >= 4 is 0 Å². The van der Waals surface area contributed by atoms with E-state index < -0.39 is 0 Å². The van der Waals surface area contributed by atoms with Crippen molar-refractivity contribution in [3.8, 4) is 0 Å². The number of rotatable bonds is 4. The van der Waals surface area contributed by atoms with Gasteiger partial charge in [-0.25, -0.2) is 0 Å². The highest BCUT2D eigenvalue weighted by Crippen LogP contribution is 2.51. The molecule has 98 valence electrons. The van der Waals surface area contributed by atoms with Crippen LogP contribution in [0.15, 0.2) is 0 Å². The molecule has 2 heteroatoms. The summed E-state index contributed by atoms with van der Waals surface area (Å²) in [6.07, 6.45) is 8.60. The van der Waals surface area contributed by atoms with Crippen LogP contribution in [-0.2, 0) is 0 Å². The lowest BCUT2D eigenvalue weighted by atomic mass is 9.91. The third kappa shape index (κ3) is 2.39. The topological polar surface area (TPSA) is 15.3 Å². The Morgan fingerprint density at radius 2 is 2.06 bits per heavy atom. The Hall–Kier alpha value is -0.0800. The molecule has 0 aromatic carbocycles. The predicted octanol–water partition coefficient (Wildman–Crippen LogP) is 2.64. The molecule has 3 aliphatic rings. The second-order valence-electron chi connectivity index (χ2n) is 6.95. The van der Waals surface area contributed by atoms with Gasteiger partial charge in [-0.05, 0) is 62.9 Å². The van der Waals surface area contributed by atoms with Crippen molar-refractivity contribution in [3.05, 3.63) is 0 Å². The minimum absolute atomic E-state index is 0.673. The summed E-state index contributed by atoms with van der Waals surface area (Å²) < 4.78 is 0. The van der Waals surface area contributed by atoms with Gasteiger partial charge in [-0.2, -0.15) is 0 Å². The highest BCUT2D eigenvalue weighted by atomic mass is 15.2. The highest BCUT2D eigenvalue weighted by molar-refractivity contribution is 4.98. The van der Waals surface area contributed by atoms with Crippen LogP contribution in [0.25, 0.3) is 0 Å². The van der Waals surface area contributed by atoms with Crippen LogP contribution in [-0.4, -0.2) is 36.6 Å². The van der Waals surface area contributed by atoms with E-state index in [0.717, 1.165) is 18.0 Å². The van der Waals surface area contributed by atoms with Gasteiger partial charge in [0.15, 0.2) is 0 Å². The van der Waals surface area contributed by atoms with E-state index in [1.165, 1.54) is 58.2 Å². The Labute approximate surface area is 106 Å². The van der Waals surface area contributed by atoms with E-state index in [2.05, 4.69) is 24.1 Å². The zero-order valence-corrected chi connectivity index (χ0v) is 11.5. The lowest BCUT2D eigenvalue weighted by Gasteiger charge is -2.36. The SMILES string of the molecule is CC(C)C1(CNC2CCN3CCCC3C2)CC1. The zero-order chi connectivity index (χ0) is 11.9. The molecule has 0 bridgehead atoms. The van der Waals surface area contributed by atoms with Crippen LogP contribution < -0.4 is 5.32 Å². The fourth-order valence-electron chi connectivity index (χ4n) is 3.88. The monoisotopic (exact) mass is 236 g/mol. The Morgan fingerprint density at radius 1 is 1.24 bits per heavy atom. The molecule has 17 heavy (non-hydrogen) atoms. The summed E-state index contributed by atoms with van der Waals surface area (Å²) in [7, 11) is 0. The molecule has 2 saturated heterocycles. The lowest BCUT2D eigenvalue weighted by molar-refractivity contribution is 0.160. The summed E-state index contributed by atoms with van der Waals surface area (Å²) in [6, 6.07) is 1.72. The smallest absolute Gasteiger partial charge is 0.0111 e. The van der Waals surface area contributed by atoms with Gasteiger partial charge in [0.2, 0.25) is 0 Å². The molecular formula is C15H28N2. The Kier molecular flexibility index (Phi) is 3.20. The van der Waals surface area contributed by atoms with Crippen LogP contribution in [0.2, 0.25) is 0 Å². The molecule has 2 nitrogen and oxygen atoms in total. The van der Waals surface area contributed by atoms with E-state index in [9.17, 15) is 0 Å². The van der Waals surface area contributed by atoms with Crippen molar-refractivity contribution in [3.63, 3.8) is 0 Å². The van der Waals surface area contributed by atoms with Crippen LogP contribution >= 0.6 is 0 Å². The molecule has 3 rings (SSSR count). The van der Waals surface area contributed by atoms with Crippen LogP contribution in [0, 0.1) is 11.3 Å². The van der Waals surface area contributed by atoms with Crippen LogP contribution in [0.5, 0.6) is 0 Å². The minimum atomic E-state index is 0.673. The van der Waals surface area contributed by atoms with Crippen molar-refractivity contribution in [2.24, 2.45) is 11.3 Å². The number of fused-ring (bicyclic) bond motifs is 1. The van der Waals surface area contributed by atoms with Gasteiger partial charge in [-0.3, -0.25) is 0 Å². The van der Waals surface area contributed by atoms with Gasteiger partial charge in [-0.1, -0.05) is 13.8 Å². The molecule has 2 atom stereocenters. The molecule has 3 fully saturated rings. The first-order valence-electron chi connectivity index (χ1n) is 7.67. The fourth-order valence-corrected chi connectivity index (χ4v) is 3.88. The summed E-state index contributed by atoms with van der Waals surface area (Å²) in [6.45, 7) is 8.79. The Morgan fingerprint density at radius 3 is 2.76 bits per heavy atom. The third-order valence-electron chi connectivity index (χ3n) is 5.68. The number of nitrogens with one attached hydrogen (secondary N) is 1. The van der Waals surface area contributed by atoms with Crippen molar-refractivity contribution in [2.45, 2.75) is 64.5 Å². The average molecular weight is 236 g/mol. The van der Waals surface area contributed by atoms with E-state index in [0.29, 0.717) is 5.41 Å². The van der Waals surface area contributed by atoms with E-state index in [4.69, 9.17) is 0 Å². The summed E-state index contributed by atoms with van der Waals surface area (Å²) in [5, 5.41) is 3.89. The first kappa shape index (κ1) is 12.0. The lowest BCUT2D eigenvalue weighted by Crippen LogP contribution is -2.47. The van der Waals surface area contributed by atoms with E-state index in [1.54, 1.807) is 0 Å². The molecule has 0 aromatic rings. The fraction of sp³-hybridized carbons (Fsp3) is 1.00. The Bertz CT molecular complexity index is 270. The molecule has 1 aliphatic carbocycles. The first-order chi connectivity index (χ1) is 8.20. The molecule has 2 unspecified atom stereocenters. The maximum absolute atomic E-state index is 3.89. The van der Waals surface area contributed by atoms with Crippen molar-refractivity contribution in [1.82, 2.24) is 10.2 Å². The van der Waals surface area contributed by atoms with Gasteiger partial charge in [0.25, 0.3) is 0 Å². The zero-order valence-electron chi connectivity index (χ0n) is 11.5. The van der Waals surface area contributed by atoms with Gasteiger partial charge in [0, 0.05) is 18.6 Å². The summed E-state index contributed by atoms with van der Waals surface area (Å²) in [5.74, 6) is 0.863. The predicted molar refractivity (Wildman–Crippen MR) is 72.1 cm³/mol. The second-order valence-corrected chi connectivity index (χ2v) is 6.95.